The number of hydrogen-bond acceptors (Lipinski definition) is 5. The lowest BCUT2D eigenvalue weighted by atomic mass is 10.0. The smallest absolute Gasteiger partial charge is 0.306 e. The van der Waals surface area contributed by atoms with Crippen LogP contribution < -0.4 is 4.74 Å². The van der Waals surface area contributed by atoms with Crippen molar-refractivity contribution in [2.75, 3.05) is 14.2 Å². The molecule has 1 aromatic rings. The molecule has 0 radical (unpaired) electrons. The number of pyridine rings is 1. The molecule has 0 aliphatic rings. The van der Waals surface area contributed by atoms with Gasteiger partial charge in [0.2, 0.25) is 5.88 Å². The molecule has 0 spiro atoms. The van der Waals surface area contributed by atoms with Crippen molar-refractivity contribution in [3.05, 3.63) is 23.4 Å². The van der Waals surface area contributed by atoms with E-state index in [4.69, 9.17) is 14.6 Å². The Kier molecular flexibility index (Phi) is 4.86. The summed E-state index contributed by atoms with van der Waals surface area (Å²) in [6, 6.07) is 1.62. The summed E-state index contributed by atoms with van der Waals surface area (Å²) in [4.78, 5) is 14.6. The second-order valence-electron chi connectivity index (χ2n) is 3.37. The van der Waals surface area contributed by atoms with Crippen molar-refractivity contribution in [3.8, 4) is 5.88 Å². The first-order valence-corrected chi connectivity index (χ1v) is 5.01. The van der Waals surface area contributed by atoms with Gasteiger partial charge in [0.1, 0.15) is 0 Å². The molecule has 17 heavy (non-hydrogen) atoms. The molecule has 0 unspecified atom stereocenters. The van der Waals surface area contributed by atoms with Crippen LogP contribution >= 0.6 is 0 Å². The van der Waals surface area contributed by atoms with Crippen LogP contribution in [0, 0.1) is 0 Å². The maximum absolute atomic E-state index is 10.7. The summed E-state index contributed by atoms with van der Waals surface area (Å²) in [7, 11) is 2.85. The highest BCUT2D eigenvalue weighted by atomic mass is 16.5. The zero-order valence-electron chi connectivity index (χ0n) is 9.71. The Labute approximate surface area is 98.8 Å². The summed E-state index contributed by atoms with van der Waals surface area (Å²) in [5.74, 6) is -0.700. The Bertz CT molecular complexity index is 393. The van der Waals surface area contributed by atoms with E-state index in [9.17, 15) is 9.90 Å². The summed E-state index contributed by atoms with van der Waals surface area (Å²) in [6.07, 6.45) is 0.671. The summed E-state index contributed by atoms with van der Waals surface area (Å²) in [6.45, 7) is -0.286. The molecular formula is C11H15NO5. The van der Waals surface area contributed by atoms with E-state index in [0.717, 1.165) is 0 Å². The third-order valence-electron chi connectivity index (χ3n) is 2.40. The number of carbonyl (C=O) groups is 1. The minimum atomic E-state index is -0.975. The Morgan fingerprint density at radius 2 is 2.24 bits per heavy atom. The van der Waals surface area contributed by atoms with E-state index in [-0.39, 0.29) is 18.9 Å². The van der Waals surface area contributed by atoms with Gasteiger partial charge >= 0.3 is 5.97 Å². The molecule has 0 aromatic carbocycles. The molecular weight excluding hydrogens is 226 g/mol. The number of aliphatic carboxylic acids is 1. The summed E-state index contributed by atoms with van der Waals surface area (Å²) in [5, 5.41) is 18.1. The number of carboxylic acids is 1. The van der Waals surface area contributed by atoms with Crippen LogP contribution in [0.25, 0.3) is 0 Å². The van der Waals surface area contributed by atoms with Crippen molar-refractivity contribution in [2.45, 2.75) is 19.1 Å². The van der Waals surface area contributed by atoms with Gasteiger partial charge in [-0.25, -0.2) is 4.98 Å². The van der Waals surface area contributed by atoms with E-state index in [1.165, 1.54) is 20.4 Å². The van der Waals surface area contributed by atoms with Crippen LogP contribution in [0.5, 0.6) is 5.88 Å². The molecule has 0 amide bonds. The van der Waals surface area contributed by atoms with Crippen LogP contribution in [0.15, 0.2) is 12.3 Å². The molecule has 1 aromatic heterocycles. The van der Waals surface area contributed by atoms with Gasteiger partial charge in [0.15, 0.2) is 0 Å². The predicted octanol–water partition coefficient (Wildman–Crippen LogP) is 0.745. The molecule has 6 heteroatoms. The topological polar surface area (TPSA) is 88.9 Å². The van der Waals surface area contributed by atoms with Gasteiger partial charge in [-0.1, -0.05) is 0 Å². The van der Waals surface area contributed by atoms with Crippen molar-refractivity contribution in [1.29, 1.82) is 0 Å². The zero-order valence-corrected chi connectivity index (χ0v) is 9.71. The summed E-state index contributed by atoms with van der Waals surface area (Å²) >= 11 is 0. The quantitative estimate of drug-likeness (QED) is 0.763. The fourth-order valence-electron chi connectivity index (χ4n) is 1.60. The first kappa shape index (κ1) is 13.4. The fraction of sp³-hybridized carbons (Fsp3) is 0.455. The van der Waals surface area contributed by atoms with Gasteiger partial charge < -0.3 is 19.7 Å². The Morgan fingerprint density at radius 3 is 2.71 bits per heavy atom. The highest BCUT2D eigenvalue weighted by Gasteiger charge is 2.20. The van der Waals surface area contributed by atoms with Crippen LogP contribution in [-0.4, -0.2) is 35.4 Å². The number of methoxy groups -OCH3 is 2. The van der Waals surface area contributed by atoms with Crippen molar-refractivity contribution >= 4 is 5.97 Å². The second-order valence-corrected chi connectivity index (χ2v) is 3.37. The number of aliphatic hydroxyl groups excluding tert-OH is 1. The molecule has 6 nitrogen and oxygen atoms in total. The van der Waals surface area contributed by atoms with Crippen LogP contribution in [0.2, 0.25) is 0 Å². The van der Waals surface area contributed by atoms with Gasteiger partial charge in [0.25, 0.3) is 0 Å². The number of aliphatic hydroxyl groups is 1. The zero-order chi connectivity index (χ0) is 12.8. The predicted molar refractivity (Wildman–Crippen MR) is 58.7 cm³/mol. The average Bonchev–Trinajstić information content (AvgIpc) is 2.34. The molecule has 0 fully saturated rings. The summed E-state index contributed by atoms with van der Waals surface area (Å²) < 4.78 is 10.1. The number of hydrogen-bond donors (Lipinski definition) is 2. The van der Waals surface area contributed by atoms with Crippen LogP contribution in [0.1, 0.15) is 23.7 Å². The molecule has 0 bridgehead atoms. The van der Waals surface area contributed by atoms with Gasteiger partial charge in [0, 0.05) is 18.9 Å². The average molecular weight is 241 g/mol. The minimum absolute atomic E-state index is 0.184. The number of nitrogens with zero attached hydrogens (tertiary/aromatic N) is 1. The first-order chi connectivity index (χ1) is 8.13. The Hall–Kier alpha value is -1.66. The van der Waals surface area contributed by atoms with Crippen molar-refractivity contribution in [3.63, 3.8) is 0 Å². The van der Waals surface area contributed by atoms with Crippen LogP contribution in [0.3, 0.4) is 0 Å². The van der Waals surface area contributed by atoms with E-state index in [1.54, 1.807) is 6.07 Å². The lowest BCUT2D eigenvalue weighted by Crippen LogP contribution is -2.12. The highest BCUT2D eigenvalue weighted by molar-refractivity contribution is 5.68. The maximum Gasteiger partial charge on any atom is 0.306 e. The molecule has 1 atom stereocenters. The van der Waals surface area contributed by atoms with E-state index < -0.39 is 12.1 Å². The second kappa shape index (κ2) is 6.17. The molecule has 0 saturated carbocycles. The van der Waals surface area contributed by atoms with Gasteiger partial charge in [-0.3, -0.25) is 4.79 Å². The van der Waals surface area contributed by atoms with E-state index in [2.05, 4.69) is 4.98 Å². The molecule has 0 aliphatic heterocycles. The molecule has 2 N–H and O–H groups in total. The number of aromatic nitrogens is 1. The third-order valence-corrected chi connectivity index (χ3v) is 2.40. The SMILES string of the molecule is COc1nccc([C@@H](CC(=O)O)OC)c1CO. The molecule has 94 valence electrons. The Morgan fingerprint density at radius 1 is 1.53 bits per heavy atom. The van der Waals surface area contributed by atoms with Crippen LogP contribution in [-0.2, 0) is 16.1 Å². The fourth-order valence-corrected chi connectivity index (χ4v) is 1.60. The number of rotatable bonds is 6. The number of carboxylic acid groups (broad SMARTS) is 1. The van der Waals surface area contributed by atoms with E-state index in [1.807, 2.05) is 0 Å². The lowest BCUT2D eigenvalue weighted by Gasteiger charge is -2.17. The molecule has 0 aliphatic carbocycles. The van der Waals surface area contributed by atoms with Crippen molar-refractivity contribution in [2.24, 2.45) is 0 Å². The van der Waals surface area contributed by atoms with Gasteiger partial charge in [-0.05, 0) is 11.6 Å². The largest absolute Gasteiger partial charge is 0.481 e. The van der Waals surface area contributed by atoms with Crippen LogP contribution in [0.4, 0.5) is 0 Å². The maximum atomic E-state index is 10.7. The van der Waals surface area contributed by atoms with Crippen molar-refractivity contribution in [1.82, 2.24) is 4.98 Å². The molecule has 1 heterocycles. The minimum Gasteiger partial charge on any atom is -0.481 e. The molecule has 0 saturated heterocycles. The third kappa shape index (κ3) is 3.15. The van der Waals surface area contributed by atoms with Gasteiger partial charge in [0.05, 0.1) is 26.2 Å². The molecule has 1 rings (SSSR count). The lowest BCUT2D eigenvalue weighted by molar-refractivity contribution is -0.139. The van der Waals surface area contributed by atoms with Gasteiger partial charge in [-0.15, -0.1) is 0 Å². The van der Waals surface area contributed by atoms with Gasteiger partial charge in [-0.2, -0.15) is 0 Å². The first-order valence-electron chi connectivity index (χ1n) is 5.01. The Balaban J connectivity index is 3.13. The number of ether oxygens (including phenoxy) is 2. The van der Waals surface area contributed by atoms with E-state index in [0.29, 0.717) is 11.1 Å². The monoisotopic (exact) mass is 241 g/mol. The standard InChI is InChI=1S/C11H15NO5/c1-16-9(5-10(14)15)7-3-4-12-11(17-2)8(7)6-13/h3-4,9,13H,5-6H2,1-2H3,(H,14,15)/t9-/m1/s1. The van der Waals surface area contributed by atoms with Crippen molar-refractivity contribution < 1.29 is 24.5 Å². The summed E-state index contributed by atoms with van der Waals surface area (Å²) in [5.41, 5.74) is 1.02. The highest BCUT2D eigenvalue weighted by Crippen LogP contribution is 2.28. The van der Waals surface area contributed by atoms with E-state index >= 15 is 0 Å². The normalized spacial score (nSPS) is 12.2.